The summed E-state index contributed by atoms with van der Waals surface area (Å²) in [6.45, 7) is 2.18. The highest BCUT2D eigenvalue weighted by Crippen LogP contribution is 2.35. The number of carbonyl (C=O) groups is 2. The van der Waals surface area contributed by atoms with Gasteiger partial charge in [0.2, 0.25) is 5.91 Å². The Morgan fingerprint density at radius 1 is 1.29 bits per heavy atom. The summed E-state index contributed by atoms with van der Waals surface area (Å²) in [7, 11) is 5.29. The first kappa shape index (κ1) is 19.5. The fourth-order valence-electron chi connectivity index (χ4n) is 3.22. The molecule has 1 unspecified atom stereocenters. The molecule has 148 valence electrons. The molecule has 0 bridgehead atoms. The highest BCUT2D eigenvalue weighted by Gasteiger charge is 2.28. The molecule has 1 aliphatic heterocycles. The summed E-state index contributed by atoms with van der Waals surface area (Å²) >= 11 is 0. The maximum Gasteiger partial charge on any atom is 0.253 e. The zero-order valence-corrected chi connectivity index (χ0v) is 16.5. The topological polar surface area (TPSA) is 82.1 Å². The van der Waals surface area contributed by atoms with E-state index < -0.39 is 0 Å². The Balaban J connectivity index is 1.74. The molecule has 0 spiro atoms. The van der Waals surface area contributed by atoms with Crippen molar-refractivity contribution in [3.8, 4) is 11.5 Å². The number of amides is 2. The van der Waals surface area contributed by atoms with Gasteiger partial charge in [-0.25, -0.2) is 0 Å². The van der Waals surface area contributed by atoms with Crippen molar-refractivity contribution in [2.24, 2.45) is 0 Å². The normalized spacial score (nSPS) is 15.4. The number of phenolic OH excluding ortho intramolecular Hbond substituents is 1. The Morgan fingerprint density at radius 3 is 2.71 bits per heavy atom. The molecule has 0 saturated carbocycles. The summed E-state index contributed by atoms with van der Waals surface area (Å²) in [6, 6.07) is 10.2. The van der Waals surface area contributed by atoms with Crippen molar-refractivity contribution in [3.63, 3.8) is 0 Å². The van der Waals surface area contributed by atoms with Gasteiger partial charge in [-0.3, -0.25) is 9.59 Å². The number of hydrogen-bond donors (Lipinski definition) is 2. The molecule has 28 heavy (non-hydrogen) atoms. The molecule has 0 radical (unpaired) electrons. The minimum atomic E-state index is -0.214. The monoisotopic (exact) mass is 383 g/mol. The third-order valence-electron chi connectivity index (χ3n) is 4.91. The van der Waals surface area contributed by atoms with E-state index in [9.17, 15) is 14.7 Å². The van der Waals surface area contributed by atoms with Gasteiger partial charge >= 0.3 is 0 Å². The van der Waals surface area contributed by atoms with Gasteiger partial charge in [0.15, 0.2) is 0 Å². The van der Waals surface area contributed by atoms with E-state index in [1.165, 1.54) is 11.0 Å². The summed E-state index contributed by atoms with van der Waals surface area (Å²) in [5.41, 5.74) is 2.55. The van der Waals surface area contributed by atoms with Gasteiger partial charge in [0.25, 0.3) is 5.91 Å². The highest BCUT2D eigenvalue weighted by molar-refractivity contribution is 5.96. The number of carbonyl (C=O) groups excluding carboxylic acids is 2. The van der Waals surface area contributed by atoms with Crippen LogP contribution in [0.4, 0.5) is 11.4 Å². The largest absolute Gasteiger partial charge is 0.506 e. The van der Waals surface area contributed by atoms with Gasteiger partial charge < -0.3 is 25.0 Å². The van der Waals surface area contributed by atoms with Crippen LogP contribution < -0.4 is 15.0 Å². The van der Waals surface area contributed by atoms with Gasteiger partial charge in [0, 0.05) is 26.7 Å². The van der Waals surface area contributed by atoms with Crippen LogP contribution >= 0.6 is 0 Å². The second kappa shape index (κ2) is 7.80. The zero-order chi connectivity index (χ0) is 20.4. The first-order chi connectivity index (χ1) is 13.3. The van der Waals surface area contributed by atoms with Crippen LogP contribution in [-0.4, -0.2) is 55.6 Å². The van der Waals surface area contributed by atoms with Crippen LogP contribution in [-0.2, 0) is 4.79 Å². The smallest absolute Gasteiger partial charge is 0.253 e. The number of ether oxygens (including phenoxy) is 1. The second-order valence-electron chi connectivity index (χ2n) is 7.18. The van der Waals surface area contributed by atoms with E-state index in [2.05, 4.69) is 5.32 Å². The molecule has 2 aromatic rings. The van der Waals surface area contributed by atoms with Gasteiger partial charge in [-0.05, 0) is 36.8 Å². The Kier molecular flexibility index (Phi) is 5.44. The van der Waals surface area contributed by atoms with E-state index in [4.69, 9.17) is 4.74 Å². The molecule has 2 amide bonds. The number of fused-ring (bicyclic) bond motifs is 1. The minimum absolute atomic E-state index is 0.0405. The SMILES string of the molecule is Cc1cccc(O)c1NC(=O)CC1COc2ccc(C(=O)N(C)C)cc2N1C. The molecular weight excluding hydrogens is 358 g/mol. The minimum Gasteiger partial charge on any atom is -0.506 e. The van der Waals surface area contributed by atoms with Crippen molar-refractivity contribution in [1.29, 1.82) is 0 Å². The summed E-state index contributed by atoms with van der Waals surface area (Å²) in [5.74, 6) is 0.421. The van der Waals surface area contributed by atoms with Crippen LogP contribution in [0.15, 0.2) is 36.4 Å². The van der Waals surface area contributed by atoms with Crippen LogP contribution in [0.3, 0.4) is 0 Å². The summed E-state index contributed by atoms with van der Waals surface area (Å²) in [5, 5.41) is 12.8. The number of likely N-dealkylation sites (N-methyl/N-ethyl adjacent to an activating group) is 1. The van der Waals surface area contributed by atoms with Crippen molar-refractivity contribution in [1.82, 2.24) is 4.90 Å². The average Bonchev–Trinajstić information content (AvgIpc) is 2.66. The summed E-state index contributed by atoms with van der Waals surface area (Å²) in [6.07, 6.45) is 0.190. The molecule has 1 aliphatic rings. The van der Waals surface area contributed by atoms with Gasteiger partial charge in [0.1, 0.15) is 18.1 Å². The molecule has 0 aliphatic carbocycles. The molecule has 0 saturated heterocycles. The van der Waals surface area contributed by atoms with Crippen molar-refractivity contribution in [2.75, 3.05) is 38.0 Å². The lowest BCUT2D eigenvalue weighted by Gasteiger charge is -2.36. The molecule has 2 N–H and O–H groups in total. The molecule has 1 heterocycles. The van der Waals surface area contributed by atoms with E-state index in [-0.39, 0.29) is 30.0 Å². The predicted molar refractivity (Wildman–Crippen MR) is 108 cm³/mol. The number of nitrogens with zero attached hydrogens (tertiary/aromatic N) is 2. The van der Waals surface area contributed by atoms with Crippen LogP contribution in [0.5, 0.6) is 11.5 Å². The Bertz CT molecular complexity index is 890. The van der Waals surface area contributed by atoms with Crippen LogP contribution in [0, 0.1) is 6.92 Å². The first-order valence-corrected chi connectivity index (χ1v) is 9.07. The van der Waals surface area contributed by atoms with Gasteiger partial charge in [0.05, 0.1) is 23.8 Å². The van der Waals surface area contributed by atoms with E-state index in [1.807, 2.05) is 24.9 Å². The standard InChI is InChI=1S/C21H25N3O4/c1-13-6-5-7-17(25)20(13)22-19(26)11-15-12-28-18-9-8-14(21(27)23(2)3)10-16(18)24(15)4/h5-10,15,25H,11-12H2,1-4H3,(H,22,26). The number of para-hydroxylation sites is 1. The Hall–Kier alpha value is -3.22. The van der Waals surface area contributed by atoms with Crippen LogP contribution in [0.2, 0.25) is 0 Å². The molecule has 7 nitrogen and oxygen atoms in total. The molecule has 1 atom stereocenters. The molecule has 3 rings (SSSR count). The maximum atomic E-state index is 12.5. The van der Waals surface area contributed by atoms with E-state index in [0.717, 1.165) is 11.3 Å². The number of aryl methyl sites for hydroxylation is 1. The van der Waals surface area contributed by atoms with E-state index >= 15 is 0 Å². The Labute approximate surface area is 164 Å². The lowest BCUT2D eigenvalue weighted by molar-refractivity contribution is -0.116. The second-order valence-corrected chi connectivity index (χ2v) is 7.18. The number of aromatic hydroxyl groups is 1. The van der Waals surface area contributed by atoms with Crippen molar-refractivity contribution >= 4 is 23.2 Å². The lowest BCUT2D eigenvalue weighted by Crippen LogP contribution is -2.42. The fourth-order valence-corrected chi connectivity index (χ4v) is 3.22. The van der Waals surface area contributed by atoms with Gasteiger partial charge in [-0.2, -0.15) is 0 Å². The third-order valence-corrected chi connectivity index (χ3v) is 4.91. The number of phenols is 1. The van der Waals surface area contributed by atoms with Gasteiger partial charge in [-0.15, -0.1) is 0 Å². The lowest BCUT2D eigenvalue weighted by atomic mass is 10.1. The van der Waals surface area contributed by atoms with E-state index in [1.54, 1.807) is 38.4 Å². The molecule has 7 heteroatoms. The third kappa shape index (κ3) is 3.88. The molecule has 0 fully saturated rings. The number of benzene rings is 2. The van der Waals surface area contributed by atoms with E-state index in [0.29, 0.717) is 23.6 Å². The molecule has 2 aromatic carbocycles. The van der Waals surface area contributed by atoms with Crippen molar-refractivity contribution < 1.29 is 19.4 Å². The highest BCUT2D eigenvalue weighted by atomic mass is 16.5. The molecule has 0 aromatic heterocycles. The number of anilines is 2. The van der Waals surface area contributed by atoms with Crippen LogP contribution in [0.1, 0.15) is 22.3 Å². The summed E-state index contributed by atoms with van der Waals surface area (Å²) < 4.78 is 5.80. The van der Waals surface area contributed by atoms with Crippen molar-refractivity contribution in [3.05, 3.63) is 47.5 Å². The van der Waals surface area contributed by atoms with Crippen molar-refractivity contribution in [2.45, 2.75) is 19.4 Å². The number of nitrogens with one attached hydrogen (secondary N) is 1. The summed E-state index contributed by atoms with van der Waals surface area (Å²) in [4.78, 5) is 28.3. The number of rotatable bonds is 4. The zero-order valence-electron chi connectivity index (χ0n) is 16.5. The fraction of sp³-hybridized carbons (Fsp3) is 0.333. The van der Waals surface area contributed by atoms with Gasteiger partial charge in [-0.1, -0.05) is 12.1 Å². The van der Waals surface area contributed by atoms with Crippen LogP contribution in [0.25, 0.3) is 0 Å². The maximum absolute atomic E-state index is 12.5. The molecular formula is C21H25N3O4. The average molecular weight is 383 g/mol. The predicted octanol–water partition coefficient (Wildman–Crippen LogP) is 2.63. The first-order valence-electron chi connectivity index (χ1n) is 9.07. The Morgan fingerprint density at radius 2 is 2.04 bits per heavy atom. The quantitative estimate of drug-likeness (QED) is 0.793. The number of hydrogen-bond acceptors (Lipinski definition) is 5.